The van der Waals surface area contributed by atoms with Gasteiger partial charge < -0.3 is 0 Å². The molecule has 0 unspecified atom stereocenters. The lowest BCUT2D eigenvalue weighted by molar-refractivity contribution is -0.385. The third-order valence-electron chi connectivity index (χ3n) is 2.35. The van der Waals surface area contributed by atoms with Crippen molar-refractivity contribution in [1.29, 1.82) is 0 Å². The number of halogens is 1. The summed E-state index contributed by atoms with van der Waals surface area (Å²) in [6, 6.07) is 3.38. The molecule has 0 fully saturated rings. The van der Waals surface area contributed by atoms with Crippen LogP contribution in [0, 0.1) is 24.0 Å². The van der Waals surface area contributed by atoms with Gasteiger partial charge in [0.25, 0.3) is 5.69 Å². The summed E-state index contributed by atoms with van der Waals surface area (Å²) >= 11 is 3.35. The first-order chi connectivity index (χ1) is 6.57. The SMILES string of the molecule is Cc1ccc([N+](=O)[O-])c(C)c1CCBr. The summed E-state index contributed by atoms with van der Waals surface area (Å²) in [5, 5.41) is 11.5. The lowest BCUT2D eigenvalue weighted by Crippen LogP contribution is -1.99. The molecule has 0 aliphatic rings. The van der Waals surface area contributed by atoms with Gasteiger partial charge in [0.15, 0.2) is 0 Å². The second kappa shape index (κ2) is 4.55. The van der Waals surface area contributed by atoms with Gasteiger partial charge in [0, 0.05) is 17.0 Å². The molecule has 0 amide bonds. The number of alkyl halides is 1. The Balaban J connectivity index is 3.26. The molecule has 0 saturated carbocycles. The second-order valence-corrected chi connectivity index (χ2v) is 3.99. The van der Waals surface area contributed by atoms with E-state index in [4.69, 9.17) is 0 Å². The number of rotatable bonds is 3. The highest BCUT2D eigenvalue weighted by molar-refractivity contribution is 9.09. The number of aryl methyl sites for hydroxylation is 1. The normalized spacial score (nSPS) is 10.2. The van der Waals surface area contributed by atoms with E-state index < -0.39 is 0 Å². The Hall–Kier alpha value is -0.900. The van der Waals surface area contributed by atoms with Crippen LogP contribution in [0.2, 0.25) is 0 Å². The van der Waals surface area contributed by atoms with E-state index in [-0.39, 0.29) is 10.6 Å². The maximum Gasteiger partial charge on any atom is 0.272 e. The second-order valence-electron chi connectivity index (χ2n) is 3.20. The van der Waals surface area contributed by atoms with Crippen LogP contribution in [0.3, 0.4) is 0 Å². The van der Waals surface area contributed by atoms with E-state index in [1.54, 1.807) is 6.07 Å². The molecule has 3 nitrogen and oxygen atoms in total. The average molecular weight is 258 g/mol. The standard InChI is InChI=1S/C10H12BrNO2/c1-7-3-4-10(12(13)14)8(2)9(7)5-6-11/h3-4H,5-6H2,1-2H3. The number of nitro groups is 1. The first-order valence-electron chi connectivity index (χ1n) is 4.37. The topological polar surface area (TPSA) is 43.1 Å². The number of hydrogen-bond acceptors (Lipinski definition) is 2. The Kier molecular flexibility index (Phi) is 3.63. The van der Waals surface area contributed by atoms with Crippen molar-refractivity contribution in [2.24, 2.45) is 0 Å². The Morgan fingerprint density at radius 1 is 1.43 bits per heavy atom. The van der Waals surface area contributed by atoms with Crippen LogP contribution in [-0.2, 0) is 6.42 Å². The zero-order chi connectivity index (χ0) is 10.7. The van der Waals surface area contributed by atoms with Crippen molar-refractivity contribution in [3.8, 4) is 0 Å². The molecule has 0 aromatic heterocycles. The largest absolute Gasteiger partial charge is 0.272 e. The summed E-state index contributed by atoms with van der Waals surface area (Å²) in [6.45, 7) is 3.79. The summed E-state index contributed by atoms with van der Waals surface area (Å²) in [5.74, 6) is 0. The van der Waals surface area contributed by atoms with Crippen molar-refractivity contribution in [1.82, 2.24) is 0 Å². The maximum absolute atomic E-state index is 10.7. The fourth-order valence-corrected chi connectivity index (χ4v) is 1.95. The van der Waals surface area contributed by atoms with Crippen molar-refractivity contribution < 1.29 is 4.92 Å². The number of benzene rings is 1. The summed E-state index contributed by atoms with van der Waals surface area (Å²) in [6.07, 6.45) is 0.833. The summed E-state index contributed by atoms with van der Waals surface area (Å²) in [5.41, 5.74) is 3.20. The van der Waals surface area contributed by atoms with Gasteiger partial charge in [-0.2, -0.15) is 0 Å². The third kappa shape index (κ3) is 2.12. The van der Waals surface area contributed by atoms with Crippen LogP contribution in [0.4, 0.5) is 5.69 Å². The van der Waals surface area contributed by atoms with Gasteiger partial charge in [0.2, 0.25) is 0 Å². The van der Waals surface area contributed by atoms with Gasteiger partial charge in [-0.25, -0.2) is 0 Å². The molecule has 14 heavy (non-hydrogen) atoms. The van der Waals surface area contributed by atoms with E-state index >= 15 is 0 Å². The molecular weight excluding hydrogens is 246 g/mol. The number of hydrogen-bond donors (Lipinski definition) is 0. The first kappa shape index (κ1) is 11.2. The van der Waals surface area contributed by atoms with Gasteiger partial charge in [-0.3, -0.25) is 10.1 Å². The minimum Gasteiger partial charge on any atom is -0.258 e. The summed E-state index contributed by atoms with van der Waals surface area (Å²) < 4.78 is 0. The highest BCUT2D eigenvalue weighted by Gasteiger charge is 2.14. The highest BCUT2D eigenvalue weighted by Crippen LogP contribution is 2.24. The van der Waals surface area contributed by atoms with Crippen LogP contribution >= 0.6 is 15.9 Å². The van der Waals surface area contributed by atoms with Gasteiger partial charge in [-0.15, -0.1) is 0 Å². The molecule has 0 spiro atoms. The van der Waals surface area contributed by atoms with Crippen molar-refractivity contribution >= 4 is 21.6 Å². The summed E-state index contributed by atoms with van der Waals surface area (Å²) in [4.78, 5) is 10.4. The number of nitrogens with zero attached hydrogens (tertiary/aromatic N) is 1. The van der Waals surface area contributed by atoms with E-state index in [0.29, 0.717) is 0 Å². The smallest absolute Gasteiger partial charge is 0.258 e. The van der Waals surface area contributed by atoms with Gasteiger partial charge in [-0.1, -0.05) is 22.0 Å². The van der Waals surface area contributed by atoms with E-state index in [9.17, 15) is 10.1 Å². The lowest BCUT2D eigenvalue weighted by atomic mass is 9.99. The highest BCUT2D eigenvalue weighted by atomic mass is 79.9. The van der Waals surface area contributed by atoms with Gasteiger partial charge >= 0.3 is 0 Å². The first-order valence-corrected chi connectivity index (χ1v) is 5.49. The Bertz CT molecular complexity index is 363. The summed E-state index contributed by atoms with van der Waals surface area (Å²) in [7, 11) is 0. The van der Waals surface area contributed by atoms with Crippen LogP contribution in [0.5, 0.6) is 0 Å². The van der Waals surface area contributed by atoms with Crippen LogP contribution < -0.4 is 0 Å². The van der Waals surface area contributed by atoms with Gasteiger partial charge in [-0.05, 0) is 31.4 Å². The molecular formula is C10H12BrNO2. The molecule has 76 valence electrons. The molecule has 0 N–H and O–H groups in total. The molecule has 1 aromatic rings. The molecule has 0 radical (unpaired) electrons. The minimum atomic E-state index is -0.327. The molecule has 0 saturated heterocycles. The van der Waals surface area contributed by atoms with Crippen molar-refractivity contribution in [2.75, 3.05) is 5.33 Å². The van der Waals surface area contributed by atoms with Crippen LogP contribution in [0.15, 0.2) is 12.1 Å². The molecule has 0 atom stereocenters. The van der Waals surface area contributed by atoms with E-state index in [2.05, 4.69) is 15.9 Å². The molecule has 4 heteroatoms. The lowest BCUT2D eigenvalue weighted by Gasteiger charge is -2.08. The Labute approximate surface area is 91.4 Å². The predicted molar refractivity (Wildman–Crippen MR) is 60.1 cm³/mol. The molecule has 1 aromatic carbocycles. The maximum atomic E-state index is 10.7. The minimum absolute atomic E-state index is 0.214. The zero-order valence-electron chi connectivity index (χ0n) is 8.21. The Morgan fingerprint density at radius 2 is 2.07 bits per heavy atom. The van der Waals surface area contributed by atoms with Crippen molar-refractivity contribution in [2.45, 2.75) is 20.3 Å². The van der Waals surface area contributed by atoms with Crippen LogP contribution in [0.1, 0.15) is 16.7 Å². The predicted octanol–water partition coefficient (Wildman–Crippen LogP) is 3.15. The quantitative estimate of drug-likeness (QED) is 0.475. The van der Waals surface area contributed by atoms with Gasteiger partial charge in [0.1, 0.15) is 0 Å². The molecule has 0 bridgehead atoms. The van der Waals surface area contributed by atoms with Gasteiger partial charge in [0.05, 0.1) is 4.92 Å². The molecule has 0 aliphatic heterocycles. The van der Waals surface area contributed by atoms with Crippen molar-refractivity contribution in [3.63, 3.8) is 0 Å². The van der Waals surface area contributed by atoms with E-state index in [1.807, 2.05) is 19.9 Å². The van der Waals surface area contributed by atoms with Crippen molar-refractivity contribution in [3.05, 3.63) is 38.9 Å². The average Bonchev–Trinajstić information content (AvgIpc) is 2.11. The fraction of sp³-hybridized carbons (Fsp3) is 0.400. The zero-order valence-corrected chi connectivity index (χ0v) is 9.80. The molecule has 1 rings (SSSR count). The molecule has 0 aliphatic carbocycles. The van der Waals surface area contributed by atoms with Crippen LogP contribution in [-0.4, -0.2) is 10.3 Å². The van der Waals surface area contributed by atoms with E-state index in [1.165, 1.54) is 0 Å². The third-order valence-corrected chi connectivity index (χ3v) is 2.74. The van der Waals surface area contributed by atoms with E-state index in [0.717, 1.165) is 28.4 Å². The van der Waals surface area contributed by atoms with Crippen LogP contribution in [0.25, 0.3) is 0 Å². The number of nitro benzene ring substituents is 1. The fourth-order valence-electron chi connectivity index (χ4n) is 1.56. The monoisotopic (exact) mass is 257 g/mol. The molecule has 0 heterocycles. The Morgan fingerprint density at radius 3 is 2.57 bits per heavy atom.